The molecule has 0 aliphatic rings. The Morgan fingerprint density at radius 1 is 0.846 bits per heavy atom. The Hall–Kier alpha value is 3.19. The minimum absolute atomic E-state index is 0. The van der Waals surface area contributed by atoms with Crippen molar-refractivity contribution in [3.63, 3.8) is 0 Å². The van der Waals surface area contributed by atoms with E-state index < -0.39 is 0 Å². The van der Waals surface area contributed by atoms with Gasteiger partial charge in [0.25, 0.3) is 0 Å². The summed E-state index contributed by atoms with van der Waals surface area (Å²) in [5.41, 5.74) is 6.85. The number of rotatable bonds is 0. The van der Waals surface area contributed by atoms with Crippen molar-refractivity contribution in [3.8, 4) is 0 Å². The minimum atomic E-state index is -0.250. The smallest absolute Gasteiger partial charge is 0.673 e. The summed E-state index contributed by atoms with van der Waals surface area (Å²) in [6, 6.07) is 0. The minimum Gasteiger partial charge on any atom is -0.673 e. The molecule has 0 saturated carbocycles. The molecule has 0 amide bonds. The van der Waals surface area contributed by atoms with Crippen LogP contribution in [0.25, 0.3) is 11.1 Å². The van der Waals surface area contributed by atoms with E-state index >= 15 is 0 Å². The first kappa shape index (κ1) is 25.1. The second-order valence-electron chi connectivity index (χ2n) is 4.64. The van der Waals surface area contributed by atoms with Crippen LogP contribution in [0.1, 0.15) is 41.5 Å². The Morgan fingerprint density at radius 2 is 0.923 bits per heavy atom. The van der Waals surface area contributed by atoms with Crippen LogP contribution in [0, 0.1) is 0 Å². The van der Waals surface area contributed by atoms with E-state index in [9.17, 15) is 0 Å². The molecule has 0 aromatic heterocycles. The van der Waals surface area contributed by atoms with E-state index in [2.05, 4.69) is 26.1 Å². The first-order valence-corrected chi connectivity index (χ1v) is 3.92. The summed E-state index contributed by atoms with van der Waals surface area (Å²) in [7, 11) is 1.83. The van der Waals surface area contributed by atoms with Gasteiger partial charge in [-0.2, -0.15) is 7.05 Å². The van der Waals surface area contributed by atoms with Gasteiger partial charge in [-0.3, -0.25) is 0 Å². The molecule has 13 heavy (non-hydrogen) atoms. The van der Waals surface area contributed by atoms with Gasteiger partial charge in [-0.1, -0.05) is 41.5 Å². The molecule has 0 spiro atoms. The van der Waals surface area contributed by atoms with Crippen molar-refractivity contribution < 1.29 is 103 Å². The average Bonchev–Trinajstić information content (AvgIpc) is 1.59. The zero-order valence-electron chi connectivity index (χ0n) is 10.9. The zero-order valence-corrected chi connectivity index (χ0v) is 17.2. The summed E-state index contributed by atoms with van der Waals surface area (Å²) in [6.07, 6.45) is 0. The third-order valence-electron chi connectivity index (χ3n) is 0.671. The Morgan fingerprint density at radius 3 is 0.923 bits per heavy atom. The molecule has 0 aliphatic heterocycles. The van der Waals surface area contributed by atoms with Gasteiger partial charge in [0.05, 0.1) is 0 Å². The van der Waals surface area contributed by atoms with Gasteiger partial charge in [0.1, 0.15) is 0 Å². The van der Waals surface area contributed by atoms with Crippen molar-refractivity contribution >= 4 is 0 Å². The molecule has 4 heteroatoms. The summed E-state index contributed by atoms with van der Waals surface area (Å²) in [5.74, 6) is 0. The van der Waals surface area contributed by atoms with E-state index in [1.165, 1.54) is 0 Å². The van der Waals surface area contributed by atoms with Gasteiger partial charge in [-0.25, -0.2) is 0 Å². The third kappa shape index (κ3) is 69.0. The Kier molecular flexibility index (Phi) is 22.6. The van der Waals surface area contributed by atoms with Crippen molar-refractivity contribution in [2.24, 2.45) is 0 Å². The normalized spacial score (nSPS) is 10.2. The van der Waals surface area contributed by atoms with Crippen LogP contribution in [-0.2, 0) is 0 Å². The SMILES string of the molecule is CC(C)(C)[NH-].C[N-]C(C)(C)C.[K+].[K+]. The predicted molar refractivity (Wildman–Crippen MR) is 53.1 cm³/mol. The van der Waals surface area contributed by atoms with Gasteiger partial charge >= 0.3 is 103 Å². The van der Waals surface area contributed by atoms with E-state index in [0.717, 1.165) is 0 Å². The van der Waals surface area contributed by atoms with Crippen LogP contribution in [0.3, 0.4) is 0 Å². The maximum Gasteiger partial charge on any atom is 1.00 e. The van der Waals surface area contributed by atoms with E-state index in [0.29, 0.717) is 0 Å². The molecule has 1 N–H and O–H groups in total. The molecule has 0 aliphatic carbocycles. The zero-order chi connectivity index (χ0) is 9.71. The monoisotopic (exact) mass is 236 g/mol. The molecule has 0 aromatic carbocycles. The van der Waals surface area contributed by atoms with Crippen LogP contribution in [0.15, 0.2) is 0 Å². The summed E-state index contributed by atoms with van der Waals surface area (Å²) in [6.45, 7) is 11.8. The molecular weight excluding hydrogens is 214 g/mol. The molecule has 2 nitrogen and oxygen atoms in total. The summed E-state index contributed by atoms with van der Waals surface area (Å²) < 4.78 is 0. The fourth-order valence-electron chi connectivity index (χ4n) is 0. The van der Waals surface area contributed by atoms with Gasteiger partial charge < -0.3 is 11.1 Å². The molecule has 0 bridgehead atoms. The molecule has 0 fully saturated rings. The van der Waals surface area contributed by atoms with E-state index in [1.807, 2.05) is 27.8 Å². The Labute approximate surface area is 169 Å². The van der Waals surface area contributed by atoms with Gasteiger partial charge in [0.15, 0.2) is 0 Å². The molecule has 0 radical (unpaired) electrons. The Balaban J connectivity index is -0.0000000546. The number of hydrogen-bond acceptors (Lipinski definition) is 0. The standard InChI is InChI=1S/C5H12N.C4H10N.2K/c1-5(2,3)6-4;1-4(2,3)5;;/h1-4H3;5H,1-3H3;;/q2*-1;2*+1. The fraction of sp³-hybridized carbons (Fsp3) is 1.00. The maximum absolute atomic E-state index is 6.94. The van der Waals surface area contributed by atoms with Crippen molar-refractivity contribution in [1.29, 1.82) is 0 Å². The predicted octanol–water partition coefficient (Wildman–Crippen LogP) is -2.37. The molecule has 0 atom stereocenters. The van der Waals surface area contributed by atoms with E-state index in [4.69, 9.17) is 5.73 Å². The van der Waals surface area contributed by atoms with Crippen LogP contribution in [0.4, 0.5) is 0 Å². The van der Waals surface area contributed by atoms with Crippen LogP contribution in [0.2, 0.25) is 0 Å². The topological polar surface area (TPSA) is 37.9 Å². The molecular formula is C9H22K2N2. The first-order valence-electron chi connectivity index (χ1n) is 3.92. The van der Waals surface area contributed by atoms with Gasteiger partial charge in [-0.05, 0) is 0 Å². The third-order valence-corrected chi connectivity index (χ3v) is 0.671. The number of nitrogens with zero attached hydrogens (tertiary/aromatic N) is 1. The maximum atomic E-state index is 6.94. The number of nitrogens with one attached hydrogen (secondary N) is 1. The molecule has 0 heterocycles. The fourth-order valence-corrected chi connectivity index (χ4v) is 0. The van der Waals surface area contributed by atoms with Crippen LogP contribution >= 0.6 is 0 Å². The van der Waals surface area contributed by atoms with Crippen LogP contribution in [0.5, 0.6) is 0 Å². The van der Waals surface area contributed by atoms with Gasteiger partial charge in [0, 0.05) is 0 Å². The molecule has 0 rings (SSSR count). The van der Waals surface area contributed by atoms with Gasteiger partial charge in [0.2, 0.25) is 0 Å². The Bertz CT molecular complexity index is 86.8. The molecule has 70 valence electrons. The van der Waals surface area contributed by atoms with Gasteiger partial charge in [-0.15, -0.1) is 11.1 Å². The summed E-state index contributed by atoms with van der Waals surface area (Å²) in [5, 5.41) is 4.02. The van der Waals surface area contributed by atoms with E-state index in [-0.39, 0.29) is 114 Å². The molecule has 0 aromatic rings. The largest absolute Gasteiger partial charge is 1.00 e. The van der Waals surface area contributed by atoms with Crippen molar-refractivity contribution in [1.82, 2.24) is 0 Å². The molecule has 0 saturated heterocycles. The number of hydrogen-bond donors (Lipinski definition) is 0. The first-order chi connectivity index (χ1) is 4.56. The van der Waals surface area contributed by atoms with Crippen LogP contribution in [-0.4, -0.2) is 18.1 Å². The summed E-state index contributed by atoms with van der Waals surface area (Å²) >= 11 is 0. The summed E-state index contributed by atoms with van der Waals surface area (Å²) in [4.78, 5) is 0. The van der Waals surface area contributed by atoms with Crippen molar-refractivity contribution in [3.05, 3.63) is 11.1 Å². The van der Waals surface area contributed by atoms with E-state index in [1.54, 1.807) is 0 Å². The second-order valence-corrected chi connectivity index (χ2v) is 4.64. The second kappa shape index (κ2) is 11.7. The molecule has 0 unspecified atom stereocenters. The quantitative estimate of drug-likeness (QED) is 0.422. The van der Waals surface area contributed by atoms with Crippen LogP contribution < -0.4 is 103 Å². The van der Waals surface area contributed by atoms with Crippen molar-refractivity contribution in [2.45, 2.75) is 52.6 Å². The van der Waals surface area contributed by atoms with Crippen molar-refractivity contribution in [2.75, 3.05) is 7.05 Å². The average molecular weight is 236 g/mol.